The molecule has 0 saturated heterocycles. The molecular weight excluding hydrogens is 479 g/mol. The Kier molecular flexibility index (Phi) is 10.9. The van der Waals surface area contributed by atoms with E-state index in [0.717, 1.165) is 23.3 Å². The molecule has 0 radical (unpaired) electrons. The Bertz CT molecular complexity index is 1070. The van der Waals surface area contributed by atoms with Crippen molar-refractivity contribution in [3.05, 3.63) is 87.9 Å². The molecule has 0 aliphatic heterocycles. The van der Waals surface area contributed by atoms with E-state index in [4.69, 9.17) is 9.47 Å². The maximum Gasteiger partial charge on any atom is 0.254 e. The molecule has 192 valence electrons. The summed E-state index contributed by atoms with van der Waals surface area (Å²) in [6, 6.07) is 17.0. The maximum atomic E-state index is 13.5. The molecule has 0 bridgehead atoms. The zero-order valence-electron chi connectivity index (χ0n) is 20.8. The van der Waals surface area contributed by atoms with Gasteiger partial charge in [-0.15, -0.1) is 11.3 Å². The maximum absolute atomic E-state index is 13.5. The van der Waals surface area contributed by atoms with Gasteiger partial charge in [0.2, 0.25) is 5.91 Å². The Labute approximate surface area is 216 Å². The summed E-state index contributed by atoms with van der Waals surface area (Å²) in [4.78, 5) is 31.0. The van der Waals surface area contributed by atoms with E-state index in [-0.39, 0.29) is 30.7 Å². The Morgan fingerprint density at radius 1 is 0.944 bits per heavy atom. The first-order valence-corrected chi connectivity index (χ1v) is 12.9. The number of hydrogen-bond donors (Lipinski definition) is 0. The minimum absolute atomic E-state index is 0.0937. The lowest BCUT2D eigenvalue weighted by Crippen LogP contribution is -2.43. The average molecular weight is 513 g/mol. The molecule has 0 fully saturated rings. The number of halogens is 1. The van der Waals surface area contributed by atoms with Crippen molar-refractivity contribution in [1.82, 2.24) is 9.80 Å². The highest BCUT2D eigenvalue weighted by Gasteiger charge is 2.23. The van der Waals surface area contributed by atoms with Gasteiger partial charge in [-0.2, -0.15) is 0 Å². The Balaban J connectivity index is 1.73. The number of carbonyl (C=O) groups is 2. The molecule has 0 atom stereocenters. The third kappa shape index (κ3) is 8.46. The van der Waals surface area contributed by atoms with Crippen LogP contribution in [0.5, 0.6) is 5.75 Å². The van der Waals surface area contributed by atoms with Gasteiger partial charge in [-0.05, 0) is 59.8 Å². The van der Waals surface area contributed by atoms with Crippen LogP contribution >= 0.6 is 11.3 Å². The van der Waals surface area contributed by atoms with Gasteiger partial charge in [0.25, 0.3) is 5.91 Å². The van der Waals surface area contributed by atoms with Crippen LogP contribution in [0.1, 0.15) is 40.6 Å². The van der Waals surface area contributed by atoms with Crippen molar-refractivity contribution in [2.75, 3.05) is 33.4 Å². The molecule has 8 heteroatoms. The first-order chi connectivity index (χ1) is 17.5. The third-order valence-electron chi connectivity index (χ3n) is 5.61. The Hall–Kier alpha value is -3.23. The molecule has 0 unspecified atom stereocenters. The number of carbonyl (C=O) groups excluding carboxylic acids is 2. The summed E-state index contributed by atoms with van der Waals surface area (Å²) in [6.07, 6.45) is 2.01. The summed E-state index contributed by atoms with van der Waals surface area (Å²) in [6.45, 7) is 3.94. The van der Waals surface area contributed by atoms with Crippen molar-refractivity contribution in [3.8, 4) is 5.75 Å². The molecule has 1 aromatic heterocycles. The molecule has 2 aromatic carbocycles. The lowest BCUT2D eigenvalue weighted by molar-refractivity contribution is -0.133. The molecule has 6 nitrogen and oxygen atoms in total. The molecule has 0 saturated carbocycles. The van der Waals surface area contributed by atoms with E-state index in [1.165, 1.54) is 17.0 Å². The standard InChI is InChI=1S/C28H33FN2O4S/c1-3-4-16-35-25-13-9-23(10-14-25)28(33)30(15-17-34-2)21-27(32)31(20-26-6-5-18-36-26)19-22-7-11-24(29)12-8-22/h5-14,18H,3-4,15-17,19-21H2,1-2H3. The van der Waals surface area contributed by atoms with Gasteiger partial charge < -0.3 is 19.3 Å². The van der Waals surface area contributed by atoms with Crippen LogP contribution in [0.25, 0.3) is 0 Å². The molecule has 3 aromatic rings. The lowest BCUT2D eigenvalue weighted by Gasteiger charge is -2.27. The van der Waals surface area contributed by atoms with Crippen LogP contribution in [0, 0.1) is 5.82 Å². The molecule has 1 heterocycles. The van der Waals surface area contributed by atoms with Gasteiger partial charge in [-0.1, -0.05) is 31.5 Å². The summed E-state index contributed by atoms with van der Waals surface area (Å²) in [7, 11) is 1.56. The van der Waals surface area contributed by atoms with Crippen LogP contribution in [0.3, 0.4) is 0 Å². The highest BCUT2D eigenvalue weighted by molar-refractivity contribution is 7.09. The van der Waals surface area contributed by atoms with E-state index in [0.29, 0.717) is 37.6 Å². The zero-order valence-corrected chi connectivity index (χ0v) is 21.6. The van der Waals surface area contributed by atoms with Gasteiger partial charge in [-0.3, -0.25) is 9.59 Å². The van der Waals surface area contributed by atoms with Crippen LogP contribution in [-0.4, -0.2) is 55.0 Å². The number of amides is 2. The fourth-order valence-corrected chi connectivity index (χ4v) is 4.28. The molecule has 2 amide bonds. The quantitative estimate of drug-likeness (QED) is 0.272. The zero-order chi connectivity index (χ0) is 25.8. The highest BCUT2D eigenvalue weighted by atomic mass is 32.1. The predicted octanol–water partition coefficient (Wildman–Crippen LogP) is 5.38. The number of benzene rings is 2. The molecule has 3 rings (SSSR count). The normalized spacial score (nSPS) is 10.8. The van der Waals surface area contributed by atoms with Crippen LogP contribution in [-0.2, 0) is 22.6 Å². The van der Waals surface area contributed by atoms with Gasteiger partial charge in [0.05, 0.1) is 19.8 Å². The largest absolute Gasteiger partial charge is 0.494 e. The predicted molar refractivity (Wildman–Crippen MR) is 140 cm³/mol. The van der Waals surface area contributed by atoms with Crippen molar-refractivity contribution in [3.63, 3.8) is 0 Å². The van der Waals surface area contributed by atoms with E-state index in [1.54, 1.807) is 59.7 Å². The van der Waals surface area contributed by atoms with E-state index in [1.807, 2.05) is 17.5 Å². The van der Waals surface area contributed by atoms with E-state index < -0.39 is 0 Å². The van der Waals surface area contributed by atoms with Gasteiger partial charge >= 0.3 is 0 Å². The number of ether oxygens (including phenoxy) is 2. The van der Waals surface area contributed by atoms with Crippen LogP contribution in [0.4, 0.5) is 4.39 Å². The van der Waals surface area contributed by atoms with Crippen molar-refractivity contribution >= 4 is 23.2 Å². The molecule has 0 aliphatic carbocycles. The SMILES string of the molecule is CCCCOc1ccc(C(=O)N(CCOC)CC(=O)N(Cc2ccc(F)cc2)Cc2cccs2)cc1. The van der Waals surface area contributed by atoms with E-state index in [9.17, 15) is 14.0 Å². The van der Waals surface area contributed by atoms with Crippen molar-refractivity contribution in [1.29, 1.82) is 0 Å². The summed E-state index contributed by atoms with van der Waals surface area (Å²) in [5.74, 6) is -0.0657. The molecule has 0 aliphatic rings. The molecule has 36 heavy (non-hydrogen) atoms. The average Bonchev–Trinajstić information content (AvgIpc) is 3.41. The molecule has 0 N–H and O–H groups in total. The number of unbranched alkanes of at least 4 members (excludes halogenated alkanes) is 1. The van der Waals surface area contributed by atoms with Gasteiger partial charge in [0.1, 0.15) is 18.1 Å². The molecular formula is C28H33FN2O4S. The minimum atomic E-state index is -0.326. The highest BCUT2D eigenvalue weighted by Crippen LogP contribution is 2.17. The molecule has 0 spiro atoms. The Morgan fingerprint density at radius 3 is 2.33 bits per heavy atom. The summed E-state index contributed by atoms with van der Waals surface area (Å²) < 4.78 is 24.3. The number of thiophene rings is 1. The first-order valence-electron chi connectivity index (χ1n) is 12.1. The van der Waals surface area contributed by atoms with E-state index in [2.05, 4.69) is 6.92 Å². The second-order valence-electron chi connectivity index (χ2n) is 8.40. The summed E-state index contributed by atoms with van der Waals surface area (Å²) >= 11 is 1.56. The fourth-order valence-electron chi connectivity index (χ4n) is 3.56. The summed E-state index contributed by atoms with van der Waals surface area (Å²) in [5.41, 5.74) is 1.29. The van der Waals surface area contributed by atoms with Crippen LogP contribution < -0.4 is 4.74 Å². The first kappa shape index (κ1) is 27.4. The van der Waals surface area contributed by atoms with Crippen LogP contribution in [0.15, 0.2) is 66.0 Å². The smallest absolute Gasteiger partial charge is 0.254 e. The second kappa shape index (κ2) is 14.4. The van der Waals surface area contributed by atoms with Crippen LogP contribution in [0.2, 0.25) is 0 Å². The Morgan fingerprint density at radius 2 is 1.69 bits per heavy atom. The number of methoxy groups -OCH3 is 1. The fraction of sp³-hybridized carbons (Fsp3) is 0.357. The number of nitrogens with zero attached hydrogens (tertiary/aromatic N) is 2. The van der Waals surface area contributed by atoms with Gasteiger partial charge in [0.15, 0.2) is 0 Å². The monoisotopic (exact) mass is 512 g/mol. The lowest BCUT2D eigenvalue weighted by atomic mass is 10.1. The number of rotatable bonds is 14. The number of hydrogen-bond acceptors (Lipinski definition) is 5. The summed E-state index contributed by atoms with van der Waals surface area (Å²) in [5, 5.41) is 1.96. The van der Waals surface area contributed by atoms with Gasteiger partial charge in [0, 0.05) is 30.6 Å². The van der Waals surface area contributed by atoms with Crippen molar-refractivity contribution in [2.24, 2.45) is 0 Å². The minimum Gasteiger partial charge on any atom is -0.494 e. The topological polar surface area (TPSA) is 59.1 Å². The van der Waals surface area contributed by atoms with E-state index >= 15 is 0 Å². The second-order valence-corrected chi connectivity index (χ2v) is 9.43. The van der Waals surface area contributed by atoms with Gasteiger partial charge in [-0.25, -0.2) is 4.39 Å². The third-order valence-corrected chi connectivity index (χ3v) is 6.47. The van der Waals surface area contributed by atoms with Crippen molar-refractivity contribution in [2.45, 2.75) is 32.9 Å². The van der Waals surface area contributed by atoms with Crippen molar-refractivity contribution < 1.29 is 23.5 Å².